The number of aromatic nitrogens is 1. The lowest BCUT2D eigenvalue weighted by atomic mass is 10.2. The summed E-state index contributed by atoms with van der Waals surface area (Å²) in [6.07, 6.45) is 4.98. The third kappa shape index (κ3) is 3.55. The summed E-state index contributed by atoms with van der Waals surface area (Å²) in [6.45, 7) is 0.372. The SMILES string of the molecule is O=C1/C(=C/c2cc(Cl)ccc2O)SC(=S)N1Cc1cccnc1. The van der Waals surface area contributed by atoms with Crippen molar-refractivity contribution < 1.29 is 9.90 Å². The minimum absolute atomic E-state index is 0.0620. The molecule has 0 aliphatic carbocycles. The van der Waals surface area contributed by atoms with Gasteiger partial charge >= 0.3 is 0 Å². The number of pyridine rings is 1. The Balaban J connectivity index is 1.86. The Morgan fingerprint density at radius 2 is 2.22 bits per heavy atom. The average Bonchev–Trinajstić information content (AvgIpc) is 2.80. The highest BCUT2D eigenvalue weighted by molar-refractivity contribution is 8.26. The molecule has 1 aromatic heterocycles. The van der Waals surface area contributed by atoms with Gasteiger partial charge in [-0.15, -0.1) is 0 Å². The maximum absolute atomic E-state index is 12.5. The van der Waals surface area contributed by atoms with Crippen molar-refractivity contribution >= 4 is 51.9 Å². The van der Waals surface area contributed by atoms with Gasteiger partial charge in [0.15, 0.2) is 0 Å². The van der Waals surface area contributed by atoms with E-state index in [-0.39, 0.29) is 11.7 Å². The molecule has 1 aromatic carbocycles. The number of amides is 1. The van der Waals surface area contributed by atoms with Crippen molar-refractivity contribution in [2.75, 3.05) is 0 Å². The van der Waals surface area contributed by atoms with E-state index in [1.54, 1.807) is 30.6 Å². The standard InChI is InChI=1S/C16H11ClN2O2S2/c17-12-3-4-13(20)11(6-12)7-14-15(21)19(16(22)23-14)9-10-2-1-5-18-8-10/h1-8,20H,9H2/b14-7-. The molecule has 7 heteroatoms. The van der Waals surface area contributed by atoms with Crippen molar-refractivity contribution in [3.05, 3.63) is 63.8 Å². The zero-order chi connectivity index (χ0) is 16.4. The molecule has 1 aliphatic rings. The second-order valence-electron chi connectivity index (χ2n) is 4.83. The van der Waals surface area contributed by atoms with Crippen LogP contribution in [0.3, 0.4) is 0 Å². The molecule has 0 bridgehead atoms. The molecule has 1 fully saturated rings. The van der Waals surface area contributed by atoms with Gasteiger partial charge < -0.3 is 5.11 Å². The largest absolute Gasteiger partial charge is 0.507 e. The number of hydrogen-bond donors (Lipinski definition) is 1. The molecule has 1 amide bonds. The van der Waals surface area contributed by atoms with Crippen LogP contribution in [-0.4, -0.2) is 25.2 Å². The fraction of sp³-hybridized carbons (Fsp3) is 0.0625. The first-order chi connectivity index (χ1) is 11.0. The summed E-state index contributed by atoms with van der Waals surface area (Å²) in [5.74, 6) is -0.129. The van der Waals surface area contributed by atoms with Gasteiger partial charge in [0.1, 0.15) is 10.1 Å². The van der Waals surface area contributed by atoms with Crippen LogP contribution in [0.25, 0.3) is 6.08 Å². The Bertz CT molecular complexity index is 809. The topological polar surface area (TPSA) is 53.4 Å². The summed E-state index contributed by atoms with van der Waals surface area (Å²) < 4.78 is 0.478. The number of hydrogen-bond acceptors (Lipinski definition) is 5. The summed E-state index contributed by atoms with van der Waals surface area (Å²) in [5.41, 5.74) is 1.38. The number of phenolic OH excluding ortho intramolecular Hbond substituents is 1. The molecule has 116 valence electrons. The summed E-state index contributed by atoms with van der Waals surface area (Å²) in [7, 11) is 0. The Morgan fingerprint density at radius 3 is 2.96 bits per heavy atom. The lowest BCUT2D eigenvalue weighted by Crippen LogP contribution is -2.27. The maximum Gasteiger partial charge on any atom is 0.266 e. The van der Waals surface area contributed by atoms with Crippen molar-refractivity contribution in [2.45, 2.75) is 6.54 Å². The van der Waals surface area contributed by atoms with Crippen LogP contribution in [0.5, 0.6) is 5.75 Å². The minimum atomic E-state index is -0.191. The number of halogens is 1. The van der Waals surface area contributed by atoms with Gasteiger partial charge in [-0.05, 0) is 35.9 Å². The molecular formula is C16H11ClN2O2S2. The Labute approximate surface area is 147 Å². The van der Waals surface area contributed by atoms with Crippen molar-refractivity contribution in [2.24, 2.45) is 0 Å². The number of thiocarbonyl (C=S) groups is 1. The van der Waals surface area contributed by atoms with E-state index < -0.39 is 0 Å². The number of nitrogens with zero attached hydrogens (tertiary/aromatic N) is 2. The molecule has 0 radical (unpaired) electrons. The molecule has 1 aliphatic heterocycles. The van der Waals surface area contributed by atoms with E-state index in [0.29, 0.717) is 26.4 Å². The number of carbonyl (C=O) groups is 1. The van der Waals surface area contributed by atoms with Crippen LogP contribution in [0.4, 0.5) is 0 Å². The van der Waals surface area contributed by atoms with Crippen molar-refractivity contribution in [3.8, 4) is 5.75 Å². The first kappa shape index (κ1) is 16.0. The van der Waals surface area contributed by atoms with E-state index in [9.17, 15) is 9.90 Å². The van der Waals surface area contributed by atoms with Gasteiger partial charge in [0.2, 0.25) is 0 Å². The van der Waals surface area contributed by atoms with Crippen LogP contribution in [0.1, 0.15) is 11.1 Å². The van der Waals surface area contributed by atoms with Crippen LogP contribution < -0.4 is 0 Å². The summed E-state index contributed by atoms with van der Waals surface area (Å²) >= 11 is 12.4. The third-order valence-electron chi connectivity index (χ3n) is 3.21. The predicted octanol–water partition coefficient (Wildman–Crippen LogP) is 3.84. The first-order valence-electron chi connectivity index (χ1n) is 6.67. The molecule has 0 atom stereocenters. The molecule has 2 aromatic rings. The monoisotopic (exact) mass is 362 g/mol. The molecule has 0 spiro atoms. The highest BCUT2D eigenvalue weighted by Crippen LogP contribution is 2.35. The van der Waals surface area contributed by atoms with Crippen molar-refractivity contribution in [1.29, 1.82) is 0 Å². The zero-order valence-corrected chi connectivity index (χ0v) is 14.2. The van der Waals surface area contributed by atoms with E-state index in [1.165, 1.54) is 22.7 Å². The van der Waals surface area contributed by atoms with E-state index >= 15 is 0 Å². The Hall–Kier alpha value is -1.89. The average molecular weight is 363 g/mol. The van der Waals surface area contributed by atoms with Crippen LogP contribution >= 0.6 is 35.6 Å². The van der Waals surface area contributed by atoms with Gasteiger partial charge in [0.05, 0.1) is 11.4 Å². The normalized spacial score (nSPS) is 16.4. The Morgan fingerprint density at radius 1 is 1.39 bits per heavy atom. The predicted molar refractivity (Wildman–Crippen MR) is 96.1 cm³/mol. The highest BCUT2D eigenvalue weighted by atomic mass is 35.5. The van der Waals surface area contributed by atoms with Crippen molar-refractivity contribution in [3.63, 3.8) is 0 Å². The number of phenols is 1. The van der Waals surface area contributed by atoms with E-state index in [4.69, 9.17) is 23.8 Å². The van der Waals surface area contributed by atoms with Gasteiger partial charge in [-0.1, -0.05) is 41.6 Å². The minimum Gasteiger partial charge on any atom is -0.507 e. The molecular weight excluding hydrogens is 352 g/mol. The number of thioether (sulfide) groups is 1. The molecule has 23 heavy (non-hydrogen) atoms. The van der Waals surface area contributed by atoms with Gasteiger partial charge in [0, 0.05) is 23.0 Å². The fourth-order valence-electron chi connectivity index (χ4n) is 2.09. The second kappa shape index (κ2) is 6.70. The summed E-state index contributed by atoms with van der Waals surface area (Å²) in [5, 5.41) is 10.4. The molecule has 4 nitrogen and oxygen atoms in total. The second-order valence-corrected chi connectivity index (χ2v) is 6.94. The van der Waals surface area contributed by atoms with Gasteiger partial charge in [-0.2, -0.15) is 0 Å². The first-order valence-corrected chi connectivity index (χ1v) is 8.27. The number of aromatic hydroxyl groups is 1. The van der Waals surface area contributed by atoms with E-state index in [1.807, 2.05) is 12.1 Å². The molecule has 1 saturated heterocycles. The van der Waals surface area contributed by atoms with Crippen LogP contribution in [0.2, 0.25) is 5.02 Å². The number of rotatable bonds is 3. The van der Waals surface area contributed by atoms with Gasteiger partial charge in [-0.3, -0.25) is 14.7 Å². The lowest BCUT2D eigenvalue weighted by molar-refractivity contribution is -0.122. The van der Waals surface area contributed by atoms with Crippen LogP contribution in [-0.2, 0) is 11.3 Å². The zero-order valence-electron chi connectivity index (χ0n) is 11.8. The summed E-state index contributed by atoms with van der Waals surface area (Å²) in [4.78, 5) is 18.5. The lowest BCUT2D eigenvalue weighted by Gasteiger charge is -2.13. The Kier molecular flexibility index (Phi) is 4.66. The quantitative estimate of drug-likeness (QED) is 0.664. The fourth-order valence-corrected chi connectivity index (χ4v) is 3.52. The number of carbonyl (C=O) groups excluding carboxylic acids is 1. The molecule has 3 rings (SSSR count). The van der Waals surface area contributed by atoms with E-state index in [0.717, 1.165) is 5.56 Å². The molecule has 0 saturated carbocycles. The van der Waals surface area contributed by atoms with Crippen molar-refractivity contribution in [1.82, 2.24) is 9.88 Å². The van der Waals surface area contributed by atoms with E-state index in [2.05, 4.69) is 4.98 Å². The van der Waals surface area contributed by atoms with Crippen LogP contribution in [0, 0.1) is 0 Å². The number of benzene rings is 1. The smallest absolute Gasteiger partial charge is 0.266 e. The maximum atomic E-state index is 12.5. The van der Waals surface area contributed by atoms with Gasteiger partial charge in [-0.25, -0.2) is 0 Å². The molecule has 2 heterocycles. The highest BCUT2D eigenvalue weighted by Gasteiger charge is 2.32. The molecule has 0 unspecified atom stereocenters. The summed E-state index contributed by atoms with van der Waals surface area (Å²) in [6, 6.07) is 8.38. The van der Waals surface area contributed by atoms with Crippen LogP contribution in [0.15, 0.2) is 47.6 Å². The third-order valence-corrected chi connectivity index (χ3v) is 4.83. The van der Waals surface area contributed by atoms with Gasteiger partial charge in [0.25, 0.3) is 5.91 Å². The molecule has 1 N–H and O–H groups in total.